The number of carbonyl (C=O) groups excluding carboxylic acids is 1. The molecule has 1 heterocycles. The van der Waals surface area contributed by atoms with Crippen LogP contribution in [0.15, 0.2) is 59.1 Å². The molecule has 1 aromatic heterocycles. The van der Waals surface area contributed by atoms with Crippen molar-refractivity contribution >= 4 is 5.91 Å². The average molecular weight is 393 g/mol. The van der Waals surface area contributed by atoms with E-state index in [2.05, 4.69) is 48.4 Å². The normalized spacial score (nSPS) is 11.3. The van der Waals surface area contributed by atoms with Crippen LogP contribution < -0.4 is 10.1 Å². The molecule has 3 rings (SSSR count). The van der Waals surface area contributed by atoms with Gasteiger partial charge in [-0.3, -0.25) is 4.79 Å². The van der Waals surface area contributed by atoms with Crippen molar-refractivity contribution in [3.63, 3.8) is 0 Å². The Balaban J connectivity index is 1.36. The summed E-state index contributed by atoms with van der Waals surface area (Å²) < 4.78 is 10.9. The topological polar surface area (TPSA) is 77.2 Å². The second kappa shape index (κ2) is 9.37. The summed E-state index contributed by atoms with van der Waals surface area (Å²) in [7, 11) is 0. The summed E-state index contributed by atoms with van der Waals surface area (Å²) in [6, 6.07) is 17.7. The van der Waals surface area contributed by atoms with Gasteiger partial charge in [-0.1, -0.05) is 68.4 Å². The number of nitrogens with one attached hydrogen (secondary N) is 1. The quantitative estimate of drug-likeness (QED) is 0.570. The minimum Gasteiger partial charge on any atom is -0.494 e. The molecule has 0 aliphatic carbocycles. The van der Waals surface area contributed by atoms with E-state index in [1.54, 1.807) is 0 Å². The molecule has 1 N–H and O–H groups in total. The maximum absolute atomic E-state index is 12.0. The van der Waals surface area contributed by atoms with Crippen LogP contribution in [0.2, 0.25) is 0 Å². The van der Waals surface area contributed by atoms with E-state index >= 15 is 0 Å². The van der Waals surface area contributed by atoms with Crippen molar-refractivity contribution in [3.8, 4) is 17.1 Å². The molecule has 6 heteroatoms. The maximum Gasteiger partial charge on any atom is 0.246 e. The molecule has 0 fully saturated rings. The Kier molecular flexibility index (Phi) is 6.65. The Labute approximate surface area is 171 Å². The van der Waals surface area contributed by atoms with Gasteiger partial charge in [-0.15, -0.1) is 0 Å². The fourth-order valence-corrected chi connectivity index (χ4v) is 2.77. The number of hydrogen-bond donors (Lipinski definition) is 1. The molecule has 29 heavy (non-hydrogen) atoms. The standard InChI is InChI=1S/C23H27N3O3/c1-23(2,3)18-11-13-19(14-12-18)28-15-7-10-20(27)24-16-21-25-22(26-29-21)17-8-5-4-6-9-17/h4-6,8-9,11-14H,7,10,15-16H2,1-3H3,(H,24,27). The molecule has 0 aliphatic rings. The van der Waals surface area contributed by atoms with Gasteiger partial charge in [-0.2, -0.15) is 4.98 Å². The molecule has 1 amide bonds. The van der Waals surface area contributed by atoms with E-state index in [-0.39, 0.29) is 17.9 Å². The number of benzene rings is 2. The summed E-state index contributed by atoms with van der Waals surface area (Å²) >= 11 is 0. The van der Waals surface area contributed by atoms with Gasteiger partial charge in [-0.25, -0.2) is 0 Å². The largest absolute Gasteiger partial charge is 0.494 e. The smallest absolute Gasteiger partial charge is 0.246 e. The lowest BCUT2D eigenvalue weighted by Gasteiger charge is -2.19. The van der Waals surface area contributed by atoms with E-state index < -0.39 is 0 Å². The van der Waals surface area contributed by atoms with Gasteiger partial charge in [0.2, 0.25) is 17.6 Å². The SMILES string of the molecule is CC(C)(C)c1ccc(OCCCC(=O)NCc2nc(-c3ccccc3)no2)cc1. The second-order valence-electron chi connectivity index (χ2n) is 7.88. The highest BCUT2D eigenvalue weighted by Gasteiger charge is 2.13. The van der Waals surface area contributed by atoms with E-state index in [9.17, 15) is 4.79 Å². The summed E-state index contributed by atoms with van der Waals surface area (Å²) in [5.74, 6) is 1.64. The lowest BCUT2D eigenvalue weighted by molar-refractivity contribution is -0.121. The Morgan fingerprint density at radius 2 is 1.79 bits per heavy atom. The third kappa shape index (κ3) is 6.17. The fraction of sp³-hybridized carbons (Fsp3) is 0.348. The van der Waals surface area contributed by atoms with Gasteiger partial charge >= 0.3 is 0 Å². The van der Waals surface area contributed by atoms with Crippen molar-refractivity contribution in [1.29, 1.82) is 0 Å². The number of rotatable bonds is 8. The van der Waals surface area contributed by atoms with Crippen molar-refractivity contribution in [2.24, 2.45) is 0 Å². The molecule has 0 saturated heterocycles. The number of hydrogen-bond acceptors (Lipinski definition) is 5. The van der Waals surface area contributed by atoms with Gasteiger partial charge in [0, 0.05) is 12.0 Å². The monoisotopic (exact) mass is 393 g/mol. The molecule has 0 radical (unpaired) electrons. The average Bonchev–Trinajstić information content (AvgIpc) is 3.19. The van der Waals surface area contributed by atoms with Gasteiger partial charge in [-0.05, 0) is 29.5 Å². The van der Waals surface area contributed by atoms with E-state index in [4.69, 9.17) is 9.26 Å². The number of amides is 1. The molecule has 0 unspecified atom stereocenters. The predicted octanol–water partition coefficient (Wildman–Crippen LogP) is 4.51. The molecule has 0 aliphatic heterocycles. The predicted molar refractivity (Wildman–Crippen MR) is 111 cm³/mol. The van der Waals surface area contributed by atoms with Crippen molar-refractivity contribution in [1.82, 2.24) is 15.5 Å². The first-order valence-electron chi connectivity index (χ1n) is 9.80. The van der Waals surface area contributed by atoms with E-state index in [0.717, 1.165) is 11.3 Å². The molecule has 3 aromatic rings. The molecule has 2 aromatic carbocycles. The highest BCUT2D eigenvalue weighted by Crippen LogP contribution is 2.24. The van der Waals surface area contributed by atoms with Crippen LogP contribution in [0.5, 0.6) is 5.75 Å². The maximum atomic E-state index is 12.0. The third-order valence-electron chi connectivity index (χ3n) is 4.47. The Hall–Kier alpha value is -3.15. The molecule has 152 valence electrons. The highest BCUT2D eigenvalue weighted by atomic mass is 16.5. The number of nitrogens with zero attached hydrogens (tertiary/aromatic N) is 2. The summed E-state index contributed by atoms with van der Waals surface area (Å²) in [4.78, 5) is 16.3. The third-order valence-corrected chi connectivity index (χ3v) is 4.47. The van der Waals surface area contributed by atoms with Gasteiger partial charge in [0.15, 0.2) is 0 Å². The number of carbonyl (C=O) groups is 1. The van der Waals surface area contributed by atoms with Gasteiger partial charge in [0.1, 0.15) is 5.75 Å². The van der Waals surface area contributed by atoms with Crippen molar-refractivity contribution in [2.75, 3.05) is 6.61 Å². The zero-order valence-electron chi connectivity index (χ0n) is 17.1. The van der Waals surface area contributed by atoms with Crippen LogP contribution >= 0.6 is 0 Å². The van der Waals surface area contributed by atoms with Crippen LogP contribution in [-0.4, -0.2) is 22.7 Å². The van der Waals surface area contributed by atoms with Crippen LogP contribution in [0.4, 0.5) is 0 Å². The molecule has 0 saturated carbocycles. The zero-order valence-corrected chi connectivity index (χ0v) is 17.1. The van der Waals surface area contributed by atoms with Crippen molar-refractivity contribution < 1.29 is 14.1 Å². The van der Waals surface area contributed by atoms with Gasteiger partial charge < -0.3 is 14.6 Å². The van der Waals surface area contributed by atoms with Crippen LogP contribution in [0.25, 0.3) is 11.4 Å². The fourth-order valence-electron chi connectivity index (χ4n) is 2.77. The summed E-state index contributed by atoms with van der Waals surface area (Å²) in [5, 5.41) is 6.73. The van der Waals surface area contributed by atoms with Gasteiger partial charge in [0.05, 0.1) is 13.2 Å². The molecule has 0 spiro atoms. The number of aromatic nitrogens is 2. The van der Waals surface area contributed by atoms with Crippen molar-refractivity contribution in [3.05, 3.63) is 66.1 Å². The zero-order chi connectivity index (χ0) is 20.7. The minimum absolute atomic E-state index is 0.0730. The van der Waals surface area contributed by atoms with E-state index in [0.29, 0.717) is 31.2 Å². The summed E-state index contributed by atoms with van der Waals surface area (Å²) in [5.41, 5.74) is 2.26. The Bertz CT molecular complexity index is 913. The lowest BCUT2D eigenvalue weighted by atomic mass is 9.87. The minimum atomic E-state index is -0.0730. The first-order chi connectivity index (χ1) is 13.9. The molecular weight excluding hydrogens is 366 g/mol. The lowest BCUT2D eigenvalue weighted by Crippen LogP contribution is -2.23. The molecule has 6 nitrogen and oxygen atoms in total. The van der Waals surface area contributed by atoms with Crippen molar-refractivity contribution in [2.45, 2.75) is 45.6 Å². The summed E-state index contributed by atoms with van der Waals surface area (Å²) in [6.45, 7) is 7.24. The molecule has 0 atom stereocenters. The molecule has 0 bridgehead atoms. The van der Waals surface area contributed by atoms with Crippen LogP contribution in [0, 0.1) is 0 Å². The molecular formula is C23H27N3O3. The number of ether oxygens (including phenoxy) is 1. The first-order valence-corrected chi connectivity index (χ1v) is 9.80. The Morgan fingerprint density at radius 1 is 1.07 bits per heavy atom. The van der Waals surface area contributed by atoms with Crippen LogP contribution in [0.3, 0.4) is 0 Å². The van der Waals surface area contributed by atoms with Crippen LogP contribution in [0.1, 0.15) is 45.1 Å². The van der Waals surface area contributed by atoms with E-state index in [1.165, 1.54) is 5.56 Å². The van der Waals surface area contributed by atoms with E-state index in [1.807, 2.05) is 42.5 Å². The van der Waals surface area contributed by atoms with Gasteiger partial charge in [0.25, 0.3) is 0 Å². The highest BCUT2D eigenvalue weighted by molar-refractivity contribution is 5.75. The second-order valence-corrected chi connectivity index (χ2v) is 7.88. The van der Waals surface area contributed by atoms with Crippen LogP contribution in [-0.2, 0) is 16.8 Å². The first kappa shape index (κ1) is 20.6. The summed E-state index contributed by atoms with van der Waals surface area (Å²) in [6.07, 6.45) is 1.01. The Morgan fingerprint density at radius 3 is 2.48 bits per heavy atom.